The average molecular weight is 552 g/mol. The lowest BCUT2D eigenvalue weighted by Gasteiger charge is -2.35. The van der Waals surface area contributed by atoms with Crippen molar-refractivity contribution in [2.24, 2.45) is 5.92 Å². The van der Waals surface area contributed by atoms with E-state index in [1.54, 1.807) is 6.33 Å². The van der Waals surface area contributed by atoms with Crippen LogP contribution in [-0.2, 0) is 11.3 Å². The van der Waals surface area contributed by atoms with Gasteiger partial charge in [0.25, 0.3) is 0 Å². The summed E-state index contributed by atoms with van der Waals surface area (Å²) in [5, 5.41) is 13.0. The number of benzene rings is 3. The van der Waals surface area contributed by atoms with Crippen molar-refractivity contribution in [1.29, 1.82) is 5.26 Å². The predicted molar refractivity (Wildman–Crippen MR) is 158 cm³/mol. The summed E-state index contributed by atoms with van der Waals surface area (Å²) in [5.74, 6) is 0.231. The molecule has 1 fully saturated rings. The van der Waals surface area contributed by atoms with Gasteiger partial charge in [-0.05, 0) is 67.3 Å². The van der Waals surface area contributed by atoms with Gasteiger partial charge in [-0.25, -0.2) is 4.98 Å². The molecule has 1 amide bonds. The zero-order valence-electron chi connectivity index (χ0n) is 22.7. The number of nitrogens with one attached hydrogen (secondary N) is 1. The van der Waals surface area contributed by atoms with Crippen LogP contribution in [-0.4, -0.2) is 40.0 Å². The van der Waals surface area contributed by atoms with E-state index < -0.39 is 0 Å². The number of halogens is 1. The minimum Gasteiger partial charge on any atom is -0.348 e. The van der Waals surface area contributed by atoms with E-state index in [0.29, 0.717) is 12.1 Å². The molecule has 4 aromatic rings. The molecule has 1 aliphatic heterocycles. The molecular formula is C33H34ClN5O. The molecule has 40 heavy (non-hydrogen) atoms. The van der Waals surface area contributed by atoms with Crippen LogP contribution in [0, 0.1) is 17.2 Å². The zero-order valence-corrected chi connectivity index (χ0v) is 23.5. The third-order valence-electron chi connectivity index (χ3n) is 7.77. The first kappa shape index (κ1) is 27.6. The Bertz CT molecular complexity index is 1440. The number of nitrogens with zero attached hydrogens (tertiary/aromatic N) is 4. The van der Waals surface area contributed by atoms with Gasteiger partial charge in [-0.2, -0.15) is 5.26 Å². The van der Waals surface area contributed by atoms with Crippen LogP contribution in [0.5, 0.6) is 0 Å². The van der Waals surface area contributed by atoms with Crippen LogP contribution in [0.1, 0.15) is 59.7 Å². The first-order valence-corrected chi connectivity index (χ1v) is 14.2. The minimum absolute atomic E-state index is 0.0623. The molecule has 1 N–H and O–H groups in total. The average Bonchev–Trinajstić information content (AvgIpc) is 3.46. The lowest BCUT2D eigenvalue weighted by Crippen LogP contribution is -2.45. The Kier molecular flexibility index (Phi) is 8.95. The Morgan fingerprint density at radius 1 is 1.07 bits per heavy atom. The summed E-state index contributed by atoms with van der Waals surface area (Å²) < 4.78 is 2.05. The first-order valence-electron chi connectivity index (χ1n) is 13.8. The lowest BCUT2D eigenvalue weighted by atomic mass is 9.89. The molecule has 2 heterocycles. The number of carbonyl (C=O) groups is 1. The molecule has 0 radical (unpaired) electrons. The van der Waals surface area contributed by atoms with Gasteiger partial charge < -0.3 is 14.8 Å². The fourth-order valence-corrected chi connectivity index (χ4v) is 5.71. The minimum atomic E-state index is -0.171. The lowest BCUT2D eigenvalue weighted by molar-refractivity contribution is -0.127. The smallest absolute Gasteiger partial charge is 0.224 e. The van der Waals surface area contributed by atoms with E-state index in [1.165, 1.54) is 11.1 Å². The van der Waals surface area contributed by atoms with Crippen molar-refractivity contribution in [3.63, 3.8) is 0 Å². The summed E-state index contributed by atoms with van der Waals surface area (Å²) in [5.41, 5.74) is 5.16. The van der Waals surface area contributed by atoms with Crippen LogP contribution in [0.15, 0.2) is 91.4 Å². The number of hydrogen-bond donors (Lipinski definition) is 1. The van der Waals surface area contributed by atoms with E-state index in [-0.39, 0.29) is 23.8 Å². The fraction of sp³-hybridized carbons (Fsp3) is 0.303. The SMILES string of the molecule is C[C@H](NC(=O)C1CCCN(CC(c2ccccc2)c2ccc(Cl)cc2)C1)c1cncn1Cc1ccc(C#N)cc1. The Morgan fingerprint density at radius 2 is 1.80 bits per heavy atom. The highest BCUT2D eigenvalue weighted by molar-refractivity contribution is 6.30. The normalized spacial score (nSPS) is 17.1. The van der Waals surface area contributed by atoms with Gasteiger partial charge in [-0.1, -0.05) is 66.2 Å². The van der Waals surface area contributed by atoms with Gasteiger partial charge in [-0.3, -0.25) is 4.79 Å². The topological polar surface area (TPSA) is 74.0 Å². The highest BCUT2D eigenvalue weighted by Crippen LogP contribution is 2.29. The van der Waals surface area contributed by atoms with Crippen molar-refractivity contribution < 1.29 is 4.79 Å². The number of hydrogen-bond acceptors (Lipinski definition) is 4. The van der Waals surface area contributed by atoms with Crippen molar-refractivity contribution in [3.8, 4) is 6.07 Å². The fourth-order valence-electron chi connectivity index (χ4n) is 5.59. The molecule has 0 bridgehead atoms. The summed E-state index contributed by atoms with van der Waals surface area (Å²) in [4.78, 5) is 20.2. The largest absolute Gasteiger partial charge is 0.348 e. The number of imidazole rings is 1. The quantitative estimate of drug-likeness (QED) is 0.270. The molecule has 7 heteroatoms. The second-order valence-electron chi connectivity index (χ2n) is 10.6. The molecule has 6 nitrogen and oxygen atoms in total. The van der Waals surface area contributed by atoms with Gasteiger partial charge >= 0.3 is 0 Å². The van der Waals surface area contributed by atoms with Crippen molar-refractivity contribution >= 4 is 17.5 Å². The molecule has 0 spiro atoms. The van der Waals surface area contributed by atoms with Crippen LogP contribution >= 0.6 is 11.6 Å². The number of rotatable bonds is 9. The van der Waals surface area contributed by atoms with Crippen LogP contribution in [0.4, 0.5) is 0 Å². The van der Waals surface area contributed by atoms with Crippen LogP contribution < -0.4 is 5.32 Å². The van der Waals surface area contributed by atoms with E-state index in [2.05, 4.69) is 62.2 Å². The summed E-state index contributed by atoms with van der Waals surface area (Å²) in [6, 6.07) is 28.2. The molecule has 0 aliphatic carbocycles. The Morgan fingerprint density at radius 3 is 2.52 bits per heavy atom. The molecule has 0 saturated carbocycles. The maximum Gasteiger partial charge on any atom is 0.224 e. The Hall–Kier alpha value is -3.92. The van der Waals surface area contributed by atoms with Gasteiger partial charge in [0, 0.05) is 30.6 Å². The highest BCUT2D eigenvalue weighted by Gasteiger charge is 2.29. The number of carbonyl (C=O) groups excluding carboxylic acids is 1. The molecule has 1 aromatic heterocycles. The predicted octanol–water partition coefficient (Wildman–Crippen LogP) is 6.18. The van der Waals surface area contributed by atoms with E-state index in [1.807, 2.05) is 55.6 Å². The zero-order chi connectivity index (χ0) is 27.9. The number of aromatic nitrogens is 2. The number of likely N-dealkylation sites (tertiary alicyclic amines) is 1. The first-order chi connectivity index (χ1) is 19.5. The van der Waals surface area contributed by atoms with Gasteiger partial charge in [0.1, 0.15) is 0 Å². The van der Waals surface area contributed by atoms with Crippen LogP contribution in [0.2, 0.25) is 5.02 Å². The Balaban J connectivity index is 1.23. The monoisotopic (exact) mass is 551 g/mol. The standard InChI is InChI=1S/C33H34ClN5O/c1-24(32-19-36-23-39(32)20-26-11-9-25(18-35)10-12-26)37-33(40)29-8-5-17-38(21-29)22-31(27-6-3-2-4-7-27)28-13-15-30(34)16-14-28/h2-4,6-7,9-16,19,23-24,29,31H,5,8,17,20-22H2,1H3,(H,37,40)/t24-,29?,31?/m0/s1. The Labute approximate surface area is 241 Å². The van der Waals surface area contributed by atoms with Crippen molar-refractivity contribution in [2.75, 3.05) is 19.6 Å². The summed E-state index contributed by atoms with van der Waals surface area (Å²) in [6.07, 6.45) is 5.49. The summed E-state index contributed by atoms with van der Waals surface area (Å²) in [7, 11) is 0. The van der Waals surface area contributed by atoms with E-state index in [4.69, 9.17) is 16.9 Å². The molecule has 204 valence electrons. The van der Waals surface area contributed by atoms with Crippen molar-refractivity contribution in [3.05, 3.63) is 124 Å². The summed E-state index contributed by atoms with van der Waals surface area (Å²) >= 11 is 6.18. The molecule has 3 aromatic carbocycles. The number of amides is 1. The van der Waals surface area contributed by atoms with Gasteiger partial charge in [0.05, 0.1) is 41.8 Å². The van der Waals surface area contributed by atoms with Crippen molar-refractivity contribution in [1.82, 2.24) is 19.8 Å². The van der Waals surface area contributed by atoms with Gasteiger partial charge in [0.2, 0.25) is 5.91 Å². The summed E-state index contributed by atoms with van der Waals surface area (Å²) in [6.45, 7) is 5.21. The molecule has 2 unspecified atom stereocenters. The molecular weight excluding hydrogens is 518 g/mol. The van der Waals surface area contributed by atoms with Crippen molar-refractivity contribution in [2.45, 2.75) is 38.3 Å². The molecule has 1 saturated heterocycles. The van der Waals surface area contributed by atoms with Crippen LogP contribution in [0.3, 0.4) is 0 Å². The molecule has 1 aliphatic rings. The van der Waals surface area contributed by atoms with Gasteiger partial charge in [-0.15, -0.1) is 0 Å². The molecule has 5 rings (SSSR count). The van der Waals surface area contributed by atoms with Gasteiger partial charge in [0.15, 0.2) is 0 Å². The third kappa shape index (κ3) is 6.80. The maximum absolute atomic E-state index is 13.4. The number of nitriles is 1. The second-order valence-corrected chi connectivity index (χ2v) is 11.0. The second kappa shape index (κ2) is 13.0. The van der Waals surface area contributed by atoms with E-state index >= 15 is 0 Å². The molecule has 3 atom stereocenters. The third-order valence-corrected chi connectivity index (χ3v) is 8.03. The van der Waals surface area contributed by atoms with E-state index in [9.17, 15) is 4.79 Å². The van der Waals surface area contributed by atoms with Crippen LogP contribution in [0.25, 0.3) is 0 Å². The van der Waals surface area contributed by atoms with E-state index in [0.717, 1.165) is 48.8 Å². The highest BCUT2D eigenvalue weighted by atomic mass is 35.5. The maximum atomic E-state index is 13.4. The number of piperidine rings is 1.